The number of amides is 1. The Morgan fingerprint density at radius 1 is 1.32 bits per heavy atom. The lowest BCUT2D eigenvalue weighted by Crippen LogP contribution is -2.39. The maximum atomic E-state index is 11.8. The van der Waals surface area contributed by atoms with E-state index in [2.05, 4.69) is 15.3 Å². The number of aliphatic hydroxyl groups excluding tert-OH is 1. The molecule has 0 unspecified atom stereocenters. The summed E-state index contributed by atoms with van der Waals surface area (Å²) in [6, 6.07) is 9.15. The number of H-pyrrole nitrogens is 2. The number of aromatic amines is 2. The molecule has 1 aromatic heterocycles. The van der Waals surface area contributed by atoms with Gasteiger partial charge in [0, 0.05) is 6.20 Å². The molecule has 0 aliphatic heterocycles. The highest BCUT2D eigenvalue weighted by Crippen LogP contribution is 2.03. The fourth-order valence-electron chi connectivity index (χ4n) is 1.78. The maximum absolute atomic E-state index is 11.8. The first-order valence-corrected chi connectivity index (χ1v) is 5.92. The van der Waals surface area contributed by atoms with Crippen molar-refractivity contribution >= 4 is 5.91 Å². The summed E-state index contributed by atoms with van der Waals surface area (Å²) in [5.41, 5.74) is 0.731. The van der Waals surface area contributed by atoms with Gasteiger partial charge in [-0.1, -0.05) is 30.3 Å². The molecule has 0 radical (unpaired) electrons. The van der Waals surface area contributed by atoms with Crippen molar-refractivity contribution in [1.82, 2.24) is 15.3 Å². The van der Waals surface area contributed by atoms with Crippen LogP contribution in [0.2, 0.25) is 0 Å². The first-order valence-electron chi connectivity index (χ1n) is 5.92. The SMILES string of the molecule is O=C(N[C@@H](CO)Cc1ccccc1)c1c[nH]c(=O)[nH]1. The molecule has 19 heavy (non-hydrogen) atoms. The van der Waals surface area contributed by atoms with Crippen LogP contribution in [0.5, 0.6) is 0 Å². The normalized spacial score (nSPS) is 12.1. The summed E-state index contributed by atoms with van der Waals surface area (Å²) in [7, 11) is 0. The minimum absolute atomic E-state index is 0.150. The Labute approximate surface area is 109 Å². The molecule has 4 N–H and O–H groups in total. The number of rotatable bonds is 5. The second kappa shape index (κ2) is 6.01. The van der Waals surface area contributed by atoms with Crippen LogP contribution >= 0.6 is 0 Å². The van der Waals surface area contributed by atoms with Gasteiger partial charge in [-0.15, -0.1) is 0 Å². The van der Waals surface area contributed by atoms with Crippen LogP contribution in [-0.4, -0.2) is 33.6 Å². The van der Waals surface area contributed by atoms with Crippen molar-refractivity contribution in [3.8, 4) is 0 Å². The predicted molar refractivity (Wildman–Crippen MR) is 69.9 cm³/mol. The predicted octanol–water partition coefficient (Wildman–Crippen LogP) is 0.0364. The van der Waals surface area contributed by atoms with E-state index < -0.39 is 17.6 Å². The molecule has 100 valence electrons. The topological polar surface area (TPSA) is 98.0 Å². The van der Waals surface area contributed by atoms with Crippen LogP contribution in [0, 0.1) is 0 Å². The van der Waals surface area contributed by atoms with E-state index in [0.29, 0.717) is 6.42 Å². The van der Waals surface area contributed by atoms with Gasteiger partial charge in [0.2, 0.25) is 0 Å². The monoisotopic (exact) mass is 261 g/mol. The van der Waals surface area contributed by atoms with Crippen LogP contribution in [0.25, 0.3) is 0 Å². The highest BCUT2D eigenvalue weighted by atomic mass is 16.3. The Hall–Kier alpha value is -2.34. The molecule has 0 aliphatic carbocycles. The van der Waals surface area contributed by atoms with Crippen LogP contribution in [0.1, 0.15) is 16.1 Å². The molecule has 6 nitrogen and oxygen atoms in total. The number of nitrogens with one attached hydrogen (secondary N) is 3. The zero-order valence-electron chi connectivity index (χ0n) is 10.2. The number of carbonyl (C=O) groups is 1. The van der Waals surface area contributed by atoms with Crippen molar-refractivity contribution in [1.29, 1.82) is 0 Å². The van der Waals surface area contributed by atoms with E-state index in [1.54, 1.807) is 0 Å². The lowest BCUT2D eigenvalue weighted by Gasteiger charge is -2.15. The average Bonchev–Trinajstić information content (AvgIpc) is 2.86. The minimum Gasteiger partial charge on any atom is -0.394 e. The van der Waals surface area contributed by atoms with Gasteiger partial charge < -0.3 is 20.4 Å². The van der Waals surface area contributed by atoms with E-state index in [1.807, 2.05) is 30.3 Å². The third-order valence-corrected chi connectivity index (χ3v) is 2.72. The summed E-state index contributed by atoms with van der Waals surface area (Å²) >= 11 is 0. The summed E-state index contributed by atoms with van der Waals surface area (Å²) in [6.45, 7) is -0.171. The molecular formula is C13H15N3O3. The second-order valence-electron chi connectivity index (χ2n) is 4.20. The lowest BCUT2D eigenvalue weighted by atomic mass is 10.1. The zero-order valence-corrected chi connectivity index (χ0v) is 10.2. The van der Waals surface area contributed by atoms with Crippen molar-refractivity contribution in [3.05, 3.63) is 58.3 Å². The van der Waals surface area contributed by atoms with Crippen molar-refractivity contribution in [3.63, 3.8) is 0 Å². The number of carbonyl (C=O) groups excluding carboxylic acids is 1. The summed E-state index contributed by atoms with van der Waals surface area (Å²) in [5.74, 6) is -0.423. The Morgan fingerprint density at radius 2 is 2.05 bits per heavy atom. The van der Waals surface area contributed by atoms with Crippen molar-refractivity contribution in [2.75, 3.05) is 6.61 Å². The third-order valence-electron chi connectivity index (χ3n) is 2.72. The van der Waals surface area contributed by atoms with E-state index in [1.165, 1.54) is 6.20 Å². The van der Waals surface area contributed by atoms with Crippen molar-refractivity contribution in [2.45, 2.75) is 12.5 Å². The molecule has 0 saturated carbocycles. The molecule has 0 saturated heterocycles. The molecule has 1 aromatic carbocycles. The summed E-state index contributed by atoms with van der Waals surface area (Å²) in [4.78, 5) is 27.4. The van der Waals surface area contributed by atoms with E-state index in [0.717, 1.165) is 5.56 Å². The van der Waals surface area contributed by atoms with Gasteiger partial charge in [0.05, 0.1) is 12.6 Å². The van der Waals surface area contributed by atoms with E-state index in [9.17, 15) is 14.7 Å². The smallest absolute Gasteiger partial charge is 0.323 e. The van der Waals surface area contributed by atoms with E-state index >= 15 is 0 Å². The fraction of sp³-hybridized carbons (Fsp3) is 0.231. The van der Waals surface area contributed by atoms with Crippen LogP contribution in [-0.2, 0) is 6.42 Å². The van der Waals surface area contributed by atoms with E-state index in [-0.39, 0.29) is 12.3 Å². The molecule has 2 rings (SSSR count). The molecule has 1 amide bonds. The summed E-state index contributed by atoms with van der Waals surface area (Å²) in [5, 5.41) is 12.0. The van der Waals surface area contributed by atoms with Gasteiger partial charge in [0.1, 0.15) is 5.69 Å². The fourth-order valence-corrected chi connectivity index (χ4v) is 1.78. The number of aliphatic hydroxyl groups is 1. The van der Waals surface area contributed by atoms with Crippen molar-refractivity contribution < 1.29 is 9.90 Å². The number of benzene rings is 1. The lowest BCUT2D eigenvalue weighted by molar-refractivity contribution is 0.0912. The minimum atomic E-state index is -0.436. The first kappa shape index (κ1) is 13.1. The molecule has 1 atom stereocenters. The molecule has 2 aromatic rings. The quantitative estimate of drug-likeness (QED) is 0.611. The van der Waals surface area contributed by atoms with E-state index in [4.69, 9.17) is 0 Å². The number of hydrogen-bond acceptors (Lipinski definition) is 3. The van der Waals surface area contributed by atoms with Gasteiger partial charge in [-0.3, -0.25) is 4.79 Å². The van der Waals surface area contributed by atoms with Gasteiger partial charge in [0.15, 0.2) is 0 Å². The number of hydrogen-bond donors (Lipinski definition) is 4. The molecule has 0 fully saturated rings. The molecule has 0 aliphatic rings. The Morgan fingerprint density at radius 3 is 2.63 bits per heavy atom. The highest BCUT2D eigenvalue weighted by Gasteiger charge is 2.14. The first-order chi connectivity index (χ1) is 9.19. The number of aromatic nitrogens is 2. The highest BCUT2D eigenvalue weighted by molar-refractivity contribution is 5.92. The second-order valence-corrected chi connectivity index (χ2v) is 4.20. The van der Waals surface area contributed by atoms with Gasteiger partial charge in [-0.2, -0.15) is 0 Å². The Balaban J connectivity index is 1.99. The average molecular weight is 261 g/mol. The molecule has 0 bridgehead atoms. The Bertz CT molecular complexity index is 588. The summed E-state index contributed by atoms with van der Waals surface area (Å²) in [6.07, 6.45) is 1.83. The standard InChI is InChI=1S/C13H15N3O3/c17-8-10(6-9-4-2-1-3-5-9)15-12(18)11-7-14-13(19)16-11/h1-5,7,10,17H,6,8H2,(H,15,18)(H2,14,16,19)/t10-/m1/s1. The van der Waals surface area contributed by atoms with Crippen LogP contribution in [0.15, 0.2) is 41.3 Å². The van der Waals surface area contributed by atoms with Gasteiger partial charge in [-0.05, 0) is 12.0 Å². The third kappa shape index (κ3) is 3.56. The van der Waals surface area contributed by atoms with Crippen LogP contribution in [0.3, 0.4) is 0 Å². The van der Waals surface area contributed by atoms with Gasteiger partial charge in [-0.25, -0.2) is 4.79 Å². The van der Waals surface area contributed by atoms with Crippen LogP contribution in [0.4, 0.5) is 0 Å². The van der Waals surface area contributed by atoms with Gasteiger partial charge in [0.25, 0.3) is 5.91 Å². The molecule has 1 heterocycles. The van der Waals surface area contributed by atoms with Gasteiger partial charge >= 0.3 is 5.69 Å². The molecule has 6 heteroatoms. The van der Waals surface area contributed by atoms with Crippen LogP contribution < -0.4 is 11.0 Å². The largest absolute Gasteiger partial charge is 0.394 e. The maximum Gasteiger partial charge on any atom is 0.323 e. The van der Waals surface area contributed by atoms with Crippen molar-refractivity contribution in [2.24, 2.45) is 0 Å². The Kier molecular flexibility index (Phi) is 4.15. The zero-order chi connectivity index (χ0) is 13.7. The molecule has 0 spiro atoms. The number of imidazole rings is 1. The molecular weight excluding hydrogens is 246 g/mol. The summed E-state index contributed by atoms with van der Waals surface area (Å²) < 4.78 is 0.